The standard InChI is InChI=1S/C13H13N5O2S/c1-19-12-7-13(20-2)16-11(15-12)8-21-10-5-3-9(4-6-10)17-18-14/h3-7H,8H2,1-2H3. The molecule has 0 radical (unpaired) electrons. The molecule has 21 heavy (non-hydrogen) atoms. The lowest BCUT2D eigenvalue weighted by atomic mass is 10.3. The van der Waals surface area contributed by atoms with Gasteiger partial charge in [0.25, 0.3) is 0 Å². The van der Waals surface area contributed by atoms with Crippen molar-refractivity contribution in [2.45, 2.75) is 10.6 Å². The Labute approximate surface area is 126 Å². The van der Waals surface area contributed by atoms with E-state index in [1.54, 1.807) is 44.2 Å². The largest absolute Gasteiger partial charge is 0.481 e. The molecular formula is C13H13N5O2S. The number of aromatic nitrogens is 2. The van der Waals surface area contributed by atoms with Crippen LogP contribution in [0.4, 0.5) is 5.69 Å². The number of ether oxygens (including phenoxy) is 2. The van der Waals surface area contributed by atoms with Crippen molar-refractivity contribution in [3.05, 3.63) is 46.6 Å². The number of hydrogen-bond donors (Lipinski definition) is 0. The molecule has 0 saturated heterocycles. The molecule has 8 heteroatoms. The summed E-state index contributed by atoms with van der Waals surface area (Å²) in [6.45, 7) is 0. The maximum atomic E-state index is 8.35. The fourth-order valence-electron chi connectivity index (χ4n) is 1.53. The van der Waals surface area contributed by atoms with Gasteiger partial charge in [0, 0.05) is 15.5 Å². The summed E-state index contributed by atoms with van der Waals surface area (Å²) in [4.78, 5) is 12.3. The molecule has 108 valence electrons. The predicted molar refractivity (Wildman–Crippen MR) is 79.9 cm³/mol. The molecule has 2 aromatic rings. The Hall–Kier alpha value is -2.44. The second-order valence-corrected chi connectivity index (χ2v) is 4.89. The van der Waals surface area contributed by atoms with Gasteiger partial charge in [0.1, 0.15) is 5.82 Å². The molecule has 0 atom stereocenters. The lowest BCUT2D eigenvalue weighted by Crippen LogP contribution is -1.99. The van der Waals surface area contributed by atoms with E-state index in [2.05, 4.69) is 20.0 Å². The van der Waals surface area contributed by atoms with Crippen molar-refractivity contribution in [1.29, 1.82) is 0 Å². The Balaban J connectivity index is 2.06. The van der Waals surface area contributed by atoms with Crippen LogP contribution in [0.5, 0.6) is 11.8 Å². The Morgan fingerprint density at radius 3 is 2.29 bits per heavy atom. The van der Waals surface area contributed by atoms with Crippen molar-refractivity contribution in [2.24, 2.45) is 5.11 Å². The van der Waals surface area contributed by atoms with E-state index in [1.807, 2.05) is 12.1 Å². The lowest BCUT2D eigenvalue weighted by Gasteiger charge is -2.06. The molecule has 0 aliphatic carbocycles. The van der Waals surface area contributed by atoms with Crippen LogP contribution in [0.25, 0.3) is 10.4 Å². The van der Waals surface area contributed by atoms with E-state index < -0.39 is 0 Å². The zero-order valence-corrected chi connectivity index (χ0v) is 12.4. The molecule has 0 amide bonds. The molecule has 0 unspecified atom stereocenters. The number of methoxy groups -OCH3 is 2. The first-order valence-electron chi connectivity index (χ1n) is 5.99. The zero-order chi connectivity index (χ0) is 15.1. The van der Waals surface area contributed by atoms with Gasteiger partial charge in [-0.25, -0.2) is 0 Å². The Morgan fingerprint density at radius 2 is 1.76 bits per heavy atom. The van der Waals surface area contributed by atoms with E-state index in [9.17, 15) is 0 Å². The van der Waals surface area contributed by atoms with Crippen molar-refractivity contribution < 1.29 is 9.47 Å². The molecule has 0 aliphatic rings. The van der Waals surface area contributed by atoms with E-state index in [-0.39, 0.29) is 0 Å². The molecule has 0 fully saturated rings. The summed E-state index contributed by atoms with van der Waals surface area (Å²) in [5.74, 6) is 2.14. The maximum absolute atomic E-state index is 8.35. The lowest BCUT2D eigenvalue weighted by molar-refractivity contribution is 0.369. The summed E-state index contributed by atoms with van der Waals surface area (Å²) < 4.78 is 10.2. The molecule has 0 aliphatic heterocycles. The van der Waals surface area contributed by atoms with E-state index in [0.29, 0.717) is 29.0 Å². The highest BCUT2D eigenvalue weighted by molar-refractivity contribution is 7.98. The van der Waals surface area contributed by atoms with Crippen LogP contribution in [0.1, 0.15) is 5.82 Å². The van der Waals surface area contributed by atoms with E-state index >= 15 is 0 Å². The van der Waals surface area contributed by atoms with Crippen LogP contribution >= 0.6 is 11.8 Å². The van der Waals surface area contributed by atoms with Crippen molar-refractivity contribution in [3.63, 3.8) is 0 Å². The molecule has 0 N–H and O–H groups in total. The molecule has 0 spiro atoms. The summed E-state index contributed by atoms with van der Waals surface area (Å²) >= 11 is 1.57. The van der Waals surface area contributed by atoms with Gasteiger partial charge in [-0.1, -0.05) is 17.2 Å². The highest BCUT2D eigenvalue weighted by Gasteiger charge is 2.06. The summed E-state index contributed by atoms with van der Waals surface area (Å²) in [5.41, 5.74) is 8.94. The van der Waals surface area contributed by atoms with Crippen LogP contribution in [0.2, 0.25) is 0 Å². The topological polar surface area (TPSA) is 93.0 Å². The Kier molecular flexibility index (Phi) is 5.25. The molecular weight excluding hydrogens is 290 g/mol. The fraction of sp³-hybridized carbons (Fsp3) is 0.231. The Morgan fingerprint density at radius 1 is 1.14 bits per heavy atom. The van der Waals surface area contributed by atoms with Gasteiger partial charge in [-0.05, 0) is 17.7 Å². The van der Waals surface area contributed by atoms with Gasteiger partial charge in [0.15, 0.2) is 0 Å². The molecule has 2 rings (SSSR count). The first-order valence-corrected chi connectivity index (χ1v) is 6.97. The fourth-order valence-corrected chi connectivity index (χ4v) is 2.29. The smallest absolute Gasteiger partial charge is 0.220 e. The Bertz CT molecular complexity index is 634. The minimum Gasteiger partial charge on any atom is -0.481 e. The van der Waals surface area contributed by atoms with Crippen LogP contribution in [0, 0.1) is 0 Å². The van der Waals surface area contributed by atoms with Crippen LogP contribution < -0.4 is 9.47 Å². The molecule has 0 saturated carbocycles. The average molecular weight is 303 g/mol. The summed E-state index contributed by atoms with van der Waals surface area (Å²) in [7, 11) is 3.10. The van der Waals surface area contributed by atoms with Gasteiger partial charge >= 0.3 is 0 Å². The van der Waals surface area contributed by atoms with Gasteiger partial charge in [0.2, 0.25) is 11.8 Å². The zero-order valence-electron chi connectivity index (χ0n) is 11.6. The van der Waals surface area contributed by atoms with E-state index in [1.165, 1.54) is 0 Å². The van der Waals surface area contributed by atoms with Gasteiger partial charge < -0.3 is 9.47 Å². The SMILES string of the molecule is COc1cc(OC)nc(CSc2ccc(N=[N+]=[N-])cc2)n1. The number of hydrogen-bond acceptors (Lipinski definition) is 6. The second kappa shape index (κ2) is 7.37. The van der Waals surface area contributed by atoms with Crippen LogP contribution in [-0.4, -0.2) is 24.2 Å². The molecule has 1 aromatic carbocycles. The number of rotatable bonds is 6. The molecule has 1 aromatic heterocycles. The highest BCUT2D eigenvalue weighted by Crippen LogP contribution is 2.25. The minimum atomic E-state index is 0.469. The number of thioether (sulfide) groups is 1. The van der Waals surface area contributed by atoms with Crippen LogP contribution in [0.3, 0.4) is 0 Å². The second-order valence-electron chi connectivity index (χ2n) is 3.84. The summed E-state index contributed by atoms with van der Waals surface area (Å²) in [6.07, 6.45) is 0. The predicted octanol–water partition coefficient (Wildman–Crippen LogP) is 3.73. The van der Waals surface area contributed by atoms with E-state index in [0.717, 1.165) is 4.90 Å². The number of azide groups is 1. The molecule has 0 bridgehead atoms. The monoisotopic (exact) mass is 303 g/mol. The summed E-state index contributed by atoms with van der Waals surface area (Å²) in [5, 5.41) is 3.52. The third-order valence-electron chi connectivity index (χ3n) is 2.51. The van der Waals surface area contributed by atoms with Crippen molar-refractivity contribution in [2.75, 3.05) is 14.2 Å². The number of benzene rings is 1. The quantitative estimate of drug-likeness (QED) is 0.351. The third-order valence-corrected chi connectivity index (χ3v) is 3.52. The maximum Gasteiger partial charge on any atom is 0.220 e. The van der Waals surface area contributed by atoms with Crippen LogP contribution in [0.15, 0.2) is 40.3 Å². The van der Waals surface area contributed by atoms with E-state index in [4.69, 9.17) is 15.0 Å². The van der Waals surface area contributed by atoms with Gasteiger partial charge in [-0.15, -0.1) is 11.8 Å². The van der Waals surface area contributed by atoms with Gasteiger partial charge in [-0.2, -0.15) is 9.97 Å². The average Bonchev–Trinajstić information content (AvgIpc) is 2.54. The first-order chi connectivity index (χ1) is 10.2. The van der Waals surface area contributed by atoms with Crippen molar-refractivity contribution in [1.82, 2.24) is 9.97 Å². The van der Waals surface area contributed by atoms with Crippen molar-refractivity contribution in [3.8, 4) is 11.8 Å². The molecule has 7 nitrogen and oxygen atoms in total. The molecule has 1 heterocycles. The highest BCUT2D eigenvalue weighted by atomic mass is 32.2. The number of nitrogens with zero attached hydrogens (tertiary/aromatic N) is 5. The first kappa shape index (κ1) is 15.0. The normalized spacial score (nSPS) is 9.81. The van der Waals surface area contributed by atoms with Crippen LogP contribution in [-0.2, 0) is 5.75 Å². The summed E-state index contributed by atoms with van der Waals surface area (Å²) in [6, 6.07) is 8.91. The van der Waals surface area contributed by atoms with Gasteiger partial charge in [-0.3, -0.25) is 0 Å². The minimum absolute atomic E-state index is 0.469. The third kappa shape index (κ3) is 4.27. The van der Waals surface area contributed by atoms with Gasteiger partial charge in [0.05, 0.1) is 26.0 Å². The van der Waals surface area contributed by atoms with Crippen molar-refractivity contribution >= 4 is 17.4 Å².